The third-order valence-corrected chi connectivity index (χ3v) is 4.61. The number of anilines is 1. The zero-order valence-corrected chi connectivity index (χ0v) is 10.4. The van der Waals surface area contributed by atoms with E-state index in [9.17, 15) is 8.42 Å². The molecule has 0 amide bonds. The van der Waals surface area contributed by atoms with Crippen molar-refractivity contribution < 1.29 is 8.42 Å². The van der Waals surface area contributed by atoms with Crippen molar-refractivity contribution in [3.63, 3.8) is 0 Å². The highest BCUT2D eigenvalue weighted by Gasteiger charge is 2.22. The minimum atomic E-state index is -3.47. The van der Waals surface area contributed by atoms with Crippen molar-refractivity contribution in [1.82, 2.24) is 4.31 Å². The molecule has 0 bridgehead atoms. The summed E-state index contributed by atoms with van der Waals surface area (Å²) in [6, 6.07) is 5.16. The number of rotatable bonds is 3. The van der Waals surface area contributed by atoms with Gasteiger partial charge >= 0.3 is 0 Å². The van der Waals surface area contributed by atoms with E-state index in [1.165, 1.54) is 11.4 Å². The van der Waals surface area contributed by atoms with E-state index >= 15 is 0 Å². The number of hydrogen-bond donors (Lipinski definition) is 1. The fourth-order valence-corrected chi connectivity index (χ4v) is 2.94. The summed E-state index contributed by atoms with van der Waals surface area (Å²) in [7, 11) is -1.99. The molecule has 90 valence electrons. The Kier molecular flexibility index (Phi) is 3.09. The van der Waals surface area contributed by atoms with Gasteiger partial charge in [0.2, 0.25) is 10.0 Å². The third-order valence-electron chi connectivity index (χ3n) is 2.81. The molecule has 0 aromatic heterocycles. The summed E-state index contributed by atoms with van der Waals surface area (Å²) < 4.78 is 25.4. The van der Waals surface area contributed by atoms with Crippen molar-refractivity contribution >= 4 is 15.7 Å². The summed E-state index contributed by atoms with van der Waals surface area (Å²) in [5.74, 6) is 2.33. The predicted octanol–water partition coefficient (Wildman–Crippen LogP) is 0.908. The molecule has 0 saturated carbocycles. The Balaban J connectivity index is 2.38. The third kappa shape index (κ3) is 2.14. The number of terminal acetylenes is 1. The van der Waals surface area contributed by atoms with E-state index in [2.05, 4.69) is 11.2 Å². The Morgan fingerprint density at radius 1 is 1.53 bits per heavy atom. The second-order valence-electron chi connectivity index (χ2n) is 3.96. The smallest absolute Gasteiger partial charge is 0.243 e. The highest BCUT2D eigenvalue weighted by molar-refractivity contribution is 7.89. The Hall–Kier alpha value is -1.51. The Morgan fingerprint density at radius 3 is 3.00 bits per heavy atom. The number of nitrogens with one attached hydrogen (secondary N) is 1. The Bertz CT molecular complexity index is 573. The van der Waals surface area contributed by atoms with Crippen LogP contribution in [0.1, 0.15) is 5.56 Å². The van der Waals surface area contributed by atoms with Crippen LogP contribution in [-0.2, 0) is 16.4 Å². The van der Waals surface area contributed by atoms with Gasteiger partial charge in [0.15, 0.2) is 0 Å². The van der Waals surface area contributed by atoms with E-state index in [-0.39, 0.29) is 11.4 Å². The fourth-order valence-electron chi connectivity index (χ4n) is 1.82. The Labute approximate surface area is 102 Å². The molecule has 0 radical (unpaired) electrons. The minimum absolute atomic E-state index is 0.0762. The lowest BCUT2D eigenvalue weighted by Crippen LogP contribution is -2.27. The van der Waals surface area contributed by atoms with Gasteiger partial charge in [0.25, 0.3) is 0 Å². The van der Waals surface area contributed by atoms with Crippen LogP contribution in [0.25, 0.3) is 0 Å². The number of sulfonamides is 1. The van der Waals surface area contributed by atoms with E-state index in [0.29, 0.717) is 0 Å². The molecule has 0 atom stereocenters. The first-order valence-electron chi connectivity index (χ1n) is 5.32. The van der Waals surface area contributed by atoms with Crippen molar-refractivity contribution in [2.45, 2.75) is 11.3 Å². The SMILES string of the molecule is C#CCN(C)S(=O)(=O)c1ccc2c(c1)NCC2. The topological polar surface area (TPSA) is 49.4 Å². The molecule has 1 aliphatic rings. The van der Waals surface area contributed by atoms with Crippen LogP contribution >= 0.6 is 0 Å². The number of hydrogen-bond acceptors (Lipinski definition) is 3. The van der Waals surface area contributed by atoms with E-state index in [4.69, 9.17) is 6.42 Å². The molecule has 1 N–H and O–H groups in total. The first kappa shape index (κ1) is 12.0. The molecule has 2 rings (SSSR count). The molecule has 0 saturated heterocycles. The van der Waals surface area contributed by atoms with Gasteiger partial charge in [-0.15, -0.1) is 6.42 Å². The molecule has 17 heavy (non-hydrogen) atoms. The summed E-state index contributed by atoms with van der Waals surface area (Å²) in [5.41, 5.74) is 2.06. The van der Waals surface area contributed by atoms with Gasteiger partial charge in [-0.1, -0.05) is 12.0 Å². The highest BCUT2D eigenvalue weighted by atomic mass is 32.2. The lowest BCUT2D eigenvalue weighted by molar-refractivity contribution is 0.503. The molecular formula is C12H14N2O2S. The average Bonchev–Trinajstić information content (AvgIpc) is 2.76. The zero-order valence-electron chi connectivity index (χ0n) is 9.60. The summed E-state index contributed by atoms with van der Waals surface area (Å²) in [6.07, 6.45) is 6.07. The van der Waals surface area contributed by atoms with Gasteiger partial charge in [-0.3, -0.25) is 0 Å². The van der Waals surface area contributed by atoms with Gasteiger partial charge in [-0.2, -0.15) is 4.31 Å². The predicted molar refractivity (Wildman–Crippen MR) is 67.3 cm³/mol. The number of fused-ring (bicyclic) bond motifs is 1. The van der Waals surface area contributed by atoms with Gasteiger partial charge in [0.05, 0.1) is 11.4 Å². The lowest BCUT2D eigenvalue weighted by Gasteiger charge is -2.15. The average molecular weight is 250 g/mol. The van der Waals surface area contributed by atoms with Crippen LogP contribution < -0.4 is 5.32 Å². The highest BCUT2D eigenvalue weighted by Crippen LogP contribution is 2.26. The van der Waals surface area contributed by atoms with Gasteiger partial charge < -0.3 is 5.32 Å². The van der Waals surface area contributed by atoms with Gasteiger partial charge in [-0.25, -0.2) is 8.42 Å². The Morgan fingerprint density at radius 2 is 2.29 bits per heavy atom. The van der Waals surface area contributed by atoms with Crippen molar-refractivity contribution in [2.75, 3.05) is 25.5 Å². The normalized spacial score (nSPS) is 14.2. The first-order valence-corrected chi connectivity index (χ1v) is 6.76. The second kappa shape index (κ2) is 4.40. The maximum Gasteiger partial charge on any atom is 0.243 e. The summed E-state index contributed by atoms with van der Waals surface area (Å²) in [5, 5.41) is 3.16. The van der Waals surface area contributed by atoms with Crippen LogP contribution in [-0.4, -0.2) is 32.9 Å². The van der Waals surface area contributed by atoms with Gasteiger partial charge in [0.1, 0.15) is 0 Å². The monoisotopic (exact) mass is 250 g/mol. The molecule has 0 fully saturated rings. The first-order chi connectivity index (χ1) is 8.05. The van der Waals surface area contributed by atoms with Crippen LogP contribution in [0.3, 0.4) is 0 Å². The van der Waals surface area contributed by atoms with Gasteiger partial charge in [-0.05, 0) is 24.1 Å². The molecule has 0 aliphatic carbocycles. The largest absolute Gasteiger partial charge is 0.384 e. The molecule has 5 heteroatoms. The van der Waals surface area contributed by atoms with E-state index in [1.54, 1.807) is 12.1 Å². The summed E-state index contributed by atoms with van der Waals surface area (Å²) in [4.78, 5) is 0.281. The van der Waals surface area contributed by atoms with Crippen LogP contribution in [0, 0.1) is 12.3 Å². The lowest BCUT2D eigenvalue weighted by atomic mass is 10.2. The number of benzene rings is 1. The van der Waals surface area contributed by atoms with Crippen LogP contribution in [0.4, 0.5) is 5.69 Å². The number of nitrogens with zero attached hydrogens (tertiary/aromatic N) is 1. The molecule has 0 spiro atoms. The van der Waals surface area contributed by atoms with Crippen molar-refractivity contribution in [2.24, 2.45) is 0 Å². The van der Waals surface area contributed by atoms with E-state index in [0.717, 1.165) is 24.2 Å². The fraction of sp³-hybridized carbons (Fsp3) is 0.333. The van der Waals surface area contributed by atoms with Crippen LogP contribution in [0.5, 0.6) is 0 Å². The van der Waals surface area contributed by atoms with Crippen LogP contribution in [0.2, 0.25) is 0 Å². The van der Waals surface area contributed by atoms with Gasteiger partial charge in [0, 0.05) is 19.3 Å². The summed E-state index contributed by atoms with van der Waals surface area (Å²) in [6.45, 7) is 0.936. The standard InChI is InChI=1S/C12H14N2O2S/c1-3-8-14(2)17(15,16)11-5-4-10-6-7-13-12(10)9-11/h1,4-5,9,13H,6-8H2,2H3. The molecule has 1 aliphatic heterocycles. The second-order valence-corrected chi connectivity index (χ2v) is 6.01. The van der Waals surface area contributed by atoms with E-state index in [1.807, 2.05) is 6.07 Å². The van der Waals surface area contributed by atoms with Crippen molar-refractivity contribution in [3.05, 3.63) is 23.8 Å². The maximum absolute atomic E-state index is 12.1. The molecule has 1 aromatic carbocycles. The molecule has 4 nitrogen and oxygen atoms in total. The quantitative estimate of drug-likeness (QED) is 0.811. The molecular weight excluding hydrogens is 236 g/mol. The molecule has 0 unspecified atom stereocenters. The molecule has 1 aromatic rings. The molecule has 1 heterocycles. The minimum Gasteiger partial charge on any atom is -0.384 e. The van der Waals surface area contributed by atoms with E-state index < -0.39 is 10.0 Å². The van der Waals surface area contributed by atoms with Crippen LogP contribution in [0.15, 0.2) is 23.1 Å². The van der Waals surface area contributed by atoms with Crippen molar-refractivity contribution in [1.29, 1.82) is 0 Å². The maximum atomic E-state index is 12.1. The zero-order chi connectivity index (χ0) is 12.5. The summed E-state index contributed by atoms with van der Waals surface area (Å²) >= 11 is 0. The van der Waals surface area contributed by atoms with Crippen molar-refractivity contribution in [3.8, 4) is 12.3 Å².